The number of Topliss-reactive ketones (excluding diaryl/α,β-unsaturated/α-hetero) is 1. The van der Waals surface area contributed by atoms with Gasteiger partial charge in [-0.1, -0.05) is 53.6 Å². The number of hydrogen-bond donors (Lipinski definition) is 0. The van der Waals surface area contributed by atoms with E-state index >= 15 is 0 Å². The van der Waals surface area contributed by atoms with Gasteiger partial charge >= 0.3 is 11.9 Å². The van der Waals surface area contributed by atoms with Gasteiger partial charge in [-0.3, -0.25) is 4.79 Å². The molecule has 0 aromatic heterocycles. The van der Waals surface area contributed by atoms with Crippen molar-refractivity contribution in [3.63, 3.8) is 0 Å². The van der Waals surface area contributed by atoms with E-state index in [1.165, 1.54) is 42.5 Å². The molecule has 28 heavy (non-hydrogen) atoms. The van der Waals surface area contributed by atoms with Gasteiger partial charge in [0, 0.05) is 6.08 Å². The smallest absolute Gasteiger partial charge is 0.343 e. The number of halogens is 2. The number of ketones is 1. The molecule has 0 N–H and O–H groups in total. The standard InChI is InChI=1S/C21H16Cl2O5/c1-2-3-4-9-20(25)27-13-18(24)15-7-5-6-8-19(15)28-21(26)14-10-11-16(22)17(23)12-14/h2-12H,13H2,1H3/b3-2+,9-4+. The molecule has 0 aliphatic heterocycles. The summed E-state index contributed by atoms with van der Waals surface area (Å²) < 4.78 is 10.2. The minimum Gasteiger partial charge on any atom is -0.454 e. The second-order valence-electron chi connectivity index (χ2n) is 5.43. The minimum atomic E-state index is -0.704. The third-order valence-corrected chi connectivity index (χ3v) is 4.17. The lowest BCUT2D eigenvalue weighted by Crippen LogP contribution is -2.16. The van der Waals surface area contributed by atoms with Crippen LogP contribution in [0.4, 0.5) is 0 Å². The Kier molecular flexibility index (Phi) is 7.99. The molecule has 5 nitrogen and oxygen atoms in total. The Balaban J connectivity index is 2.09. The van der Waals surface area contributed by atoms with E-state index in [0.717, 1.165) is 0 Å². The molecule has 0 amide bonds. The summed E-state index contributed by atoms with van der Waals surface area (Å²) in [6, 6.07) is 10.5. The van der Waals surface area contributed by atoms with E-state index in [9.17, 15) is 14.4 Å². The summed E-state index contributed by atoms with van der Waals surface area (Å²) in [6.45, 7) is 1.32. The predicted octanol–water partition coefficient (Wildman–Crippen LogP) is 5.07. The van der Waals surface area contributed by atoms with Crippen molar-refractivity contribution in [2.45, 2.75) is 6.92 Å². The molecule has 0 spiro atoms. The maximum absolute atomic E-state index is 12.4. The highest BCUT2D eigenvalue weighted by molar-refractivity contribution is 6.42. The van der Waals surface area contributed by atoms with Crippen molar-refractivity contribution in [2.24, 2.45) is 0 Å². The van der Waals surface area contributed by atoms with Crippen molar-refractivity contribution in [1.82, 2.24) is 0 Å². The van der Waals surface area contributed by atoms with E-state index < -0.39 is 24.3 Å². The summed E-state index contributed by atoms with van der Waals surface area (Å²) in [4.78, 5) is 36.3. The third kappa shape index (κ3) is 6.08. The lowest BCUT2D eigenvalue weighted by molar-refractivity contribution is -0.136. The zero-order valence-electron chi connectivity index (χ0n) is 14.9. The number of rotatable bonds is 7. The largest absolute Gasteiger partial charge is 0.454 e. The van der Waals surface area contributed by atoms with Gasteiger partial charge in [-0.2, -0.15) is 0 Å². The molecule has 0 bridgehead atoms. The molecule has 2 aromatic carbocycles. The van der Waals surface area contributed by atoms with Crippen molar-refractivity contribution in [2.75, 3.05) is 6.61 Å². The first-order valence-electron chi connectivity index (χ1n) is 8.18. The van der Waals surface area contributed by atoms with Crippen LogP contribution in [0.3, 0.4) is 0 Å². The summed E-state index contributed by atoms with van der Waals surface area (Å²) in [5.41, 5.74) is 0.290. The number of ether oxygens (including phenoxy) is 2. The average Bonchev–Trinajstić information content (AvgIpc) is 2.68. The summed E-state index contributed by atoms with van der Waals surface area (Å²) in [5.74, 6) is -1.82. The second kappa shape index (κ2) is 10.4. The Hall–Kier alpha value is -2.89. The molecule has 0 aliphatic rings. The highest BCUT2D eigenvalue weighted by Crippen LogP contribution is 2.25. The van der Waals surface area contributed by atoms with Crippen LogP contribution in [-0.4, -0.2) is 24.3 Å². The molecule has 0 heterocycles. The van der Waals surface area contributed by atoms with Crippen molar-refractivity contribution >= 4 is 40.9 Å². The number of para-hydroxylation sites is 1. The SMILES string of the molecule is C/C=C/C=C/C(=O)OCC(=O)c1ccccc1OC(=O)c1ccc(Cl)c(Cl)c1. The first-order valence-corrected chi connectivity index (χ1v) is 8.93. The van der Waals surface area contributed by atoms with Crippen LogP contribution in [0, 0.1) is 0 Å². The van der Waals surface area contributed by atoms with Crippen molar-refractivity contribution in [1.29, 1.82) is 0 Å². The van der Waals surface area contributed by atoms with E-state index in [-0.39, 0.29) is 21.9 Å². The summed E-state index contributed by atoms with van der Waals surface area (Å²) in [5, 5.41) is 0.512. The maximum atomic E-state index is 12.4. The van der Waals surface area contributed by atoms with E-state index in [1.54, 1.807) is 31.2 Å². The van der Waals surface area contributed by atoms with Crippen LogP contribution in [0.25, 0.3) is 0 Å². The fraction of sp³-hybridized carbons (Fsp3) is 0.0952. The van der Waals surface area contributed by atoms with Gasteiger partial charge in [-0.05, 0) is 37.3 Å². The fourth-order valence-electron chi connectivity index (χ4n) is 2.08. The van der Waals surface area contributed by atoms with E-state index in [2.05, 4.69) is 0 Å². The molecule has 2 aromatic rings. The third-order valence-electron chi connectivity index (χ3n) is 3.43. The summed E-state index contributed by atoms with van der Waals surface area (Å²) in [7, 11) is 0. The Morgan fingerprint density at radius 2 is 1.75 bits per heavy atom. The van der Waals surface area contributed by atoms with E-state index in [0.29, 0.717) is 5.02 Å². The van der Waals surface area contributed by atoms with Crippen LogP contribution < -0.4 is 4.74 Å². The molecule has 0 aliphatic carbocycles. The van der Waals surface area contributed by atoms with Crippen LogP contribution in [0.2, 0.25) is 10.0 Å². The zero-order valence-corrected chi connectivity index (χ0v) is 16.4. The lowest BCUT2D eigenvalue weighted by Gasteiger charge is -2.10. The number of hydrogen-bond acceptors (Lipinski definition) is 5. The first-order chi connectivity index (χ1) is 13.4. The summed E-state index contributed by atoms with van der Waals surface area (Å²) in [6.07, 6.45) is 6.09. The fourth-order valence-corrected chi connectivity index (χ4v) is 2.37. The van der Waals surface area contributed by atoms with Gasteiger partial charge in [0.25, 0.3) is 0 Å². The molecular weight excluding hydrogens is 403 g/mol. The molecule has 0 fully saturated rings. The van der Waals surface area contributed by atoms with Gasteiger partial charge in [-0.15, -0.1) is 0 Å². The summed E-state index contributed by atoms with van der Waals surface area (Å²) >= 11 is 11.7. The van der Waals surface area contributed by atoms with Gasteiger partial charge in [0.2, 0.25) is 5.78 Å². The maximum Gasteiger partial charge on any atom is 0.343 e. The van der Waals surface area contributed by atoms with Crippen molar-refractivity contribution in [3.05, 3.63) is 87.9 Å². The van der Waals surface area contributed by atoms with Crippen LogP contribution in [-0.2, 0) is 9.53 Å². The minimum absolute atomic E-state index is 0.0454. The van der Waals surface area contributed by atoms with Crippen molar-refractivity contribution < 1.29 is 23.9 Å². The van der Waals surface area contributed by atoms with Crippen LogP contribution in [0.5, 0.6) is 5.75 Å². The molecule has 0 saturated heterocycles. The normalized spacial score (nSPS) is 11.0. The van der Waals surface area contributed by atoms with Crippen LogP contribution >= 0.6 is 23.2 Å². The number of carbonyl (C=O) groups is 3. The van der Waals surface area contributed by atoms with E-state index in [4.69, 9.17) is 32.7 Å². The molecular formula is C21H16Cl2O5. The van der Waals surface area contributed by atoms with Crippen LogP contribution in [0.1, 0.15) is 27.6 Å². The van der Waals surface area contributed by atoms with Crippen molar-refractivity contribution in [3.8, 4) is 5.75 Å². The Bertz CT molecular complexity index is 948. The predicted molar refractivity (Wildman–Crippen MR) is 107 cm³/mol. The highest BCUT2D eigenvalue weighted by Gasteiger charge is 2.17. The van der Waals surface area contributed by atoms with Gasteiger partial charge in [0.05, 0.1) is 21.2 Å². The van der Waals surface area contributed by atoms with E-state index in [1.807, 2.05) is 0 Å². The Morgan fingerprint density at radius 3 is 2.46 bits per heavy atom. The van der Waals surface area contributed by atoms with Gasteiger partial charge in [0.1, 0.15) is 5.75 Å². The van der Waals surface area contributed by atoms with Gasteiger partial charge < -0.3 is 9.47 Å². The topological polar surface area (TPSA) is 69.7 Å². The molecule has 144 valence electrons. The Labute approximate surface area is 172 Å². The monoisotopic (exact) mass is 418 g/mol. The second-order valence-corrected chi connectivity index (χ2v) is 6.24. The van der Waals surface area contributed by atoms with Gasteiger partial charge in [0.15, 0.2) is 6.61 Å². The number of benzene rings is 2. The quantitative estimate of drug-likeness (QED) is 0.206. The number of allylic oxidation sites excluding steroid dienone is 3. The molecule has 0 saturated carbocycles. The Morgan fingerprint density at radius 1 is 1.00 bits per heavy atom. The highest BCUT2D eigenvalue weighted by atomic mass is 35.5. The molecule has 2 rings (SSSR count). The number of esters is 2. The zero-order chi connectivity index (χ0) is 20.5. The molecule has 0 radical (unpaired) electrons. The van der Waals surface area contributed by atoms with Crippen LogP contribution in [0.15, 0.2) is 66.8 Å². The molecule has 0 atom stereocenters. The lowest BCUT2D eigenvalue weighted by atomic mass is 10.1. The average molecular weight is 419 g/mol. The number of carbonyl (C=O) groups excluding carboxylic acids is 3. The van der Waals surface area contributed by atoms with Gasteiger partial charge in [-0.25, -0.2) is 9.59 Å². The molecule has 7 heteroatoms. The molecule has 0 unspecified atom stereocenters. The first kappa shape index (κ1) is 21.4.